The van der Waals surface area contributed by atoms with Crippen molar-refractivity contribution in [3.63, 3.8) is 0 Å². The molecule has 2 aromatic carbocycles. The smallest absolute Gasteiger partial charge is 0.267 e. The van der Waals surface area contributed by atoms with Crippen molar-refractivity contribution in [1.82, 2.24) is 9.78 Å². The minimum atomic E-state index is -1.18. The van der Waals surface area contributed by atoms with E-state index in [1.807, 2.05) is 72.1 Å². The fourth-order valence-corrected chi connectivity index (χ4v) is 3.76. The molecule has 31 heavy (non-hydrogen) atoms. The molecular formula is C24H22N4O2S. The van der Waals surface area contributed by atoms with E-state index in [1.54, 1.807) is 19.9 Å². The summed E-state index contributed by atoms with van der Waals surface area (Å²) in [6.45, 7) is 3.36. The van der Waals surface area contributed by atoms with Gasteiger partial charge in [0.05, 0.1) is 4.88 Å². The molecule has 0 aliphatic rings. The molecule has 0 saturated heterocycles. The molecule has 2 aromatic heterocycles. The van der Waals surface area contributed by atoms with Gasteiger partial charge in [0, 0.05) is 23.1 Å². The molecule has 0 aliphatic heterocycles. The van der Waals surface area contributed by atoms with Crippen molar-refractivity contribution in [2.45, 2.75) is 19.4 Å². The summed E-state index contributed by atoms with van der Waals surface area (Å²) in [5.74, 6) is -0.325. The normalized spacial score (nSPS) is 11.2. The second-order valence-corrected chi connectivity index (χ2v) is 8.48. The molecule has 0 unspecified atom stereocenters. The highest BCUT2D eigenvalue weighted by Gasteiger charge is 2.32. The van der Waals surface area contributed by atoms with Gasteiger partial charge in [-0.05, 0) is 67.8 Å². The standard InChI is InChI=1S/C24H22N4O2S/c1-24(2,28-22(29)15-14-20(27-28)21-9-6-16-31-21)23(30)26-19-12-10-18(11-13-19)25-17-7-4-3-5-8-17/h3-16,25H,1-2H3,(H,26,30). The monoisotopic (exact) mass is 430 g/mol. The number of carbonyl (C=O) groups is 1. The van der Waals surface area contributed by atoms with E-state index in [9.17, 15) is 9.59 Å². The van der Waals surface area contributed by atoms with E-state index < -0.39 is 5.54 Å². The number of thiophene rings is 1. The van der Waals surface area contributed by atoms with E-state index >= 15 is 0 Å². The number of rotatable bonds is 6. The van der Waals surface area contributed by atoms with Gasteiger partial charge in [0.1, 0.15) is 11.2 Å². The molecule has 2 heterocycles. The molecule has 0 fully saturated rings. The van der Waals surface area contributed by atoms with Crippen molar-refractivity contribution in [3.8, 4) is 10.6 Å². The molecule has 0 aliphatic carbocycles. The van der Waals surface area contributed by atoms with E-state index in [0.29, 0.717) is 11.4 Å². The predicted molar refractivity (Wildman–Crippen MR) is 126 cm³/mol. The summed E-state index contributed by atoms with van der Waals surface area (Å²) in [6.07, 6.45) is 0. The van der Waals surface area contributed by atoms with Crippen LogP contribution in [0.3, 0.4) is 0 Å². The van der Waals surface area contributed by atoms with Crippen LogP contribution in [0, 0.1) is 0 Å². The summed E-state index contributed by atoms with van der Waals surface area (Å²) in [5.41, 5.74) is 1.68. The van der Waals surface area contributed by atoms with Crippen molar-refractivity contribution in [3.05, 3.63) is 94.6 Å². The highest BCUT2D eigenvalue weighted by Crippen LogP contribution is 2.24. The fourth-order valence-electron chi connectivity index (χ4n) is 3.07. The fraction of sp³-hybridized carbons (Fsp3) is 0.125. The topological polar surface area (TPSA) is 76.0 Å². The number of para-hydroxylation sites is 1. The Kier molecular flexibility index (Phi) is 5.68. The van der Waals surface area contributed by atoms with Crippen molar-refractivity contribution in [2.75, 3.05) is 10.6 Å². The summed E-state index contributed by atoms with van der Waals surface area (Å²) in [6, 6.07) is 24.2. The van der Waals surface area contributed by atoms with Crippen LogP contribution in [-0.2, 0) is 10.3 Å². The number of carbonyl (C=O) groups excluding carboxylic acids is 1. The molecule has 4 rings (SSSR count). The Morgan fingerprint density at radius 2 is 1.55 bits per heavy atom. The van der Waals surface area contributed by atoms with Gasteiger partial charge < -0.3 is 10.6 Å². The summed E-state index contributed by atoms with van der Waals surface area (Å²) < 4.78 is 1.24. The number of aromatic nitrogens is 2. The zero-order valence-corrected chi connectivity index (χ0v) is 18.0. The van der Waals surface area contributed by atoms with Crippen molar-refractivity contribution in [1.29, 1.82) is 0 Å². The maximum Gasteiger partial charge on any atom is 0.267 e. The lowest BCUT2D eigenvalue weighted by molar-refractivity contribution is -0.123. The molecule has 2 N–H and O–H groups in total. The van der Waals surface area contributed by atoms with Gasteiger partial charge in [-0.1, -0.05) is 24.3 Å². The largest absolute Gasteiger partial charge is 0.356 e. The van der Waals surface area contributed by atoms with E-state index in [0.717, 1.165) is 16.3 Å². The predicted octanol–water partition coefficient (Wildman–Crippen LogP) is 5.09. The van der Waals surface area contributed by atoms with Gasteiger partial charge in [0.25, 0.3) is 11.5 Å². The summed E-state index contributed by atoms with van der Waals surface area (Å²) in [7, 11) is 0. The van der Waals surface area contributed by atoms with Gasteiger partial charge >= 0.3 is 0 Å². The molecule has 156 valence electrons. The minimum absolute atomic E-state index is 0.325. The highest BCUT2D eigenvalue weighted by atomic mass is 32.1. The first kappa shape index (κ1) is 20.6. The molecule has 1 amide bonds. The lowest BCUT2D eigenvalue weighted by Crippen LogP contribution is -2.47. The van der Waals surface area contributed by atoms with Crippen LogP contribution >= 0.6 is 11.3 Å². The van der Waals surface area contributed by atoms with Crippen molar-refractivity contribution in [2.24, 2.45) is 0 Å². The van der Waals surface area contributed by atoms with Gasteiger partial charge in [-0.2, -0.15) is 5.10 Å². The molecule has 0 bridgehead atoms. The molecule has 6 nitrogen and oxygen atoms in total. The maximum atomic E-state index is 13.0. The first-order chi connectivity index (χ1) is 14.9. The quantitative estimate of drug-likeness (QED) is 0.447. The second-order valence-electron chi connectivity index (χ2n) is 7.53. The average molecular weight is 431 g/mol. The molecular weight excluding hydrogens is 408 g/mol. The van der Waals surface area contributed by atoms with Gasteiger partial charge in [-0.25, -0.2) is 4.68 Å². The van der Waals surface area contributed by atoms with Gasteiger partial charge in [0.2, 0.25) is 0 Å². The van der Waals surface area contributed by atoms with Gasteiger partial charge in [0.15, 0.2) is 0 Å². The number of nitrogens with one attached hydrogen (secondary N) is 2. The Morgan fingerprint density at radius 3 is 2.23 bits per heavy atom. The minimum Gasteiger partial charge on any atom is -0.356 e. The third-order valence-corrected chi connectivity index (χ3v) is 5.76. The maximum absolute atomic E-state index is 13.0. The van der Waals surface area contributed by atoms with Gasteiger partial charge in [-0.15, -0.1) is 11.3 Å². The Bertz CT molecular complexity index is 1230. The molecule has 7 heteroatoms. The van der Waals surface area contributed by atoms with Crippen LogP contribution in [0.25, 0.3) is 10.6 Å². The molecule has 0 atom stereocenters. The van der Waals surface area contributed by atoms with Crippen LogP contribution in [0.2, 0.25) is 0 Å². The second kappa shape index (κ2) is 8.57. The van der Waals surface area contributed by atoms with Crippen LogP contribution in [0.4, 0.5) is 17.1 Å². The number of benzene rings is 2. The Morgan fingerprint density at radius 1 is 0.871 bits per heavy atom. The van der Waals surface area contributed by atoms with E-state index in [1.165, 1.54) is 22.1 Å². The first-order valence-electron chi connectivity index (χ1n) is 9.82. The van der Waals surface area contributed by atoms with Crippen LogP contribution in [-0.4, -0.2) is 15.7 Å². The third-order valence-electron chi connectivity index (χ3n) is 4.86. The zero-order chi connectivity index (χ0) is 21.8. The number of hydrogen-bond donors (Lipinski definition) is 2. The third kappa shape index (κ3) is 4.57. The van der Waals surface area contributed by atoms with Crippen molar-refractivity contribution >= 4 is 34.3 Å². The number of nitrogens with zero attached hydrogens (tertiary/aromatic N) is 2. The summed E-state index contributed by atoms with van der Waals surface area (Å²) in [4.78, 5) is 26.5. The number of hydrogen-bond acceptors (Lipinski definition) is 5. The lowest BCUT2D eigenvalue weighted by Gasteiger charge is -2.25. The Labute approximate surface area is 184 Å². The molecule has 4 aromatic rings. The SMILES string of the molecule is CC(C)(C(=O)Nc1ccc(Nc2ccccc2)cc1)n1nc(-c2cccs2)ccc1=O. The van der Waals surface area contributed by atoms with Crippen LogP contribution in [0.15, 0.2) is 89.0 Å². The Hall–Kier alpha value is -3.71. The molecule has 0 saturated carbocycles. The average Bonchev–Trinajstić information content (AvgIpc) is 3.31. The molecule has 0 spiro atoms. The van der Waals surface area contributed by atoms with Crippen LogP contribution in [0.1, 0.15) is 13.8 Å². The van der Waals surface area contributed by atoms with Crippen LogP contribution in [0.5, 0.6) is 0 Å². The Balaban J connectivity index is 1.51. The summed E-state index contributed by atoms with van der Waals surface area (Å²) >= 11 is 1.53. The number of anilines is 3. The molecule has 0 radical (unpaired) electrons. The summed E-state index contributed by atoms with van der Waals surface area (Å²) in [5, 5.41) is 12.6. The lowest BCUT2D eigenvalue weighted by atomic mass is 10.0. The van der Waals surface area contributed by atoms with E-state index in [-0.39, 0.29) is 11.5 Å². The highest BCUT2D eigenvalue weighted by molar-refractivity contribution is 7.13. The van der Waals surface area contributed by atoms with Crippen molar-refractivity contribution < 1.29 is 4.79 Å². The van der Waals surface area contributed by atoms with E-state index in [2.05, 4.69) is 15.7 Å². The zero-order valence-electron chi connectivity index (χ0n) is 17.2. The van der Waals surface area contributed by atoms with Crippen LogP contribution < -0.4 is 16.2 Å². The van der Waals surface area contributed by atoms with E-state index in [4.69, 9.17) is 0 Å². The van der Waals surface area contributed by atoms with Gasteiger partial charge in [-0.3, -0.25) is 9.59 Å². The first-order valence-corrected chi connectivity index (χ1v) is 10.7. The number of amides is 1.